The third-order valence-electron chi connectivity index (χ3n) is 2.66. The van der Waals surface area contributed by atoms with Gasteiger partial charge >= 0.3 is 11.7 Å². The number of halogens is 4. The number of nitrogens with zero attached hydrogens (tertiary/aromatic N) is 3. The molecule has 0 fully saturated rings. The number of nitrogens with one attached hydrogen (secondary N) is 1. The first-order valence-electron chi connectivity index (χ1n) is 6.01. The summed E-state index contributed by atoms with van der Waals surface area (Å²) in [5, 5.41) is 5.54. The summed E-state index contributed by atoms with van der Waals surface area (Å²) in [6.07, 6.45) is -4.65. The zero-order chi connectivity index (χ0) is 17.4. The molecule has 0 spiro atoms. The minimum absolute atomic E-state index is 0.0464. The Balaban J connectivity index is 2.44. The summed E-state index contributed by atoms with van der Waals surface area (Å²) in [4.78, 5) is 26.4. The maximum Gasteiger partial charge on any atom is 0.417 e. The maximum absolute atomic E-state index is 12.8. The molecule has 7 nitrogen and oxygen atoms in total. The molecule has 122 valence electrons. The highest BCUT2D eigenvalue weighted by Crippen LogP contribution is 2.36. The molecule has 1 aromatic carbocycles. The van der Waals surface area contributed by atoms with Crippen molar-refractivity contribution in [2.45, 2.75) is 13.1 Å². The molecule has 3 N–H and O–H groups in total. The van der Waals surface area contributed by atoms with Gasteiger partial charge in [0.15, 0.2) is 5.82 Å². The summed E-state index contributed by atoms with van der Waals surface area (Å²) in [6, 6.07) is 3.03. The lowest BCUT2D eigenvalue weighted by Gasteiger charge is -2.12. The fourth-order valence-electron chi connectivity index (χ4n) is 1.65. The Bertz CT molecular complexity index is 834. The largest absolute Gasteiger partial charge is 0.417 e. The summed E-state index contributed by atoms with van der Waals surface area (Å²) in [5.74, 6) is -1.56. The molecule has 23 heavy (non-hydrogen) atoms. The van der Waals surface area contributed by atoms with E-state index in [0.717, 1.165) is 19.1 Å². The number of alkyl halides is 3. The third kappa shape index (κ3) is 3.59. The van der Waals surface area contributed by atoms with Gasteiger partial charge in [0.05, 0.1) is 10.6 Å². The molecule has 1 heterocycles. The molecule has 0 amide bonds. The normalized spacial score (nSPS) is 11.3. The zero-order valence-electron chi connectivity index (χ0n) is 11.5. The molecule has 0 bridgehead atoms. The number of nitrogens with two attached hydrogens (primary N) is 1. The van der Waals surface area contributed by atoms with Crippen LogP contribution in [0.3, 0.4) is 0 Å². The predicted molar refractivity (Wildman–Crippen MR) is 76.7 cm³/mol. The van der Waals surface area contributed by atoms with Crippen molar-refractivity contribution < 1.29 is 18.0 Å². The topological polar surface area (TPSA) is 103 Å². The molecule has 11 heteroatoms. The van der Waals surface area contributed by atoms with Crippen molar-refractivity contribution in [3.8, 4) is 0 Å². The van der Waals surface area contributed by atoms with Gasteiger partial charge in [0.25, 0.3) is 0 Å². The van der Waals surface area contributed by atoms with Crippen LogP contribution in [0.5, 0.6) is 0 Å². The monoisotopic (exact) mass is 347 g/mol. The first-order chi connectivity index (χ1) is 10.6. The van der Waals surface area contributed by atoms with E-state index in [1.807, 2.05) is 0 Å². The minimum atomic E-state index is -4.65. The van der Waals surface area contributed by atoms with E-state index in [1.54, 1.807) is 0 Å². The van der Waals surface area contributed by atoms with Crippen LogP contribution in [0, 0.1) is 0 Å². The van der Waals surface area contributed by atoms with Crippen molar-refractivity contribution in [3.63, 3.8) is 0 Å². The SMILES string of the molecule is CC(=O)n1nc(Nc2ccc(Cl)c(C(F)(F)F)c2)nc(N)c1=O. The van der Waals surface area contributed by atoms with Crippen LogP contribution >= 0.6 is 11.6 Å². The van der Waals surface area contributed by atoms with E-state index >= 15 is 0 Å². The van der Waals surface area contributed by atoms with Crippen molar-refractivity contribution in [2.24, 2.45) is 0 Å². The summed E-state index contributed by atoms with van der Waals surface area (Å²) < 4.78 is 38.9. The summed E-state index contributed by atoms with van der Waals surface area (Å²) in [7, 11) is 0. The van der Waals surface area contributed by atoms with Crippen LogP contribution in [0.2, 0.25) is 5.02 Å². The van der Waals surface area contributed by atoms with E-state index < -0.39 is 34.0 Å². The molecule has 0 aliphatic heterocycles. The van der Waals surface area contributed by atoms with Crippen LogP contribution in [-0.4, -0.2) is 20.7 Å². The van der Waals surface area contributed by atoms with Gasteiger partial charge in [-0.3, -0.25) is 9.59 Å². The van der Waals surface area contributed by atoms with E-state index in [9.17, 15) is 22.8 Å². The second-order valence-electron chi connectivity index (χ2n) is 4.37. The van der Waals surface area contributed by atoms with E-state index in [2.05, 4.69) is 15.4 Å². The number of nitrogen functional groups attached to an aromatic ring is 1. The van der Waals surface area contributed by atoms with Crippen LogP contribution in [0.25, 0.3) is 0 Å². The molecule has 0 atom stereocenters. The first kappa shape index (κ1) is 16.7. The lowest BCUT2D eigenvalue weighted by atomic mass is 10.2. The molecule has 2 aromatic rings. The van der Waals surface area contributed by atoms with Crippen molar-refractivity contribution in [2.75, 3.05) is 11.1 Å². The van der Waals surface area contributed by atoms with Crippen molar-refractivity contribution >= 4 is 35.0 Å². The molecule has 2 rings (SSSR count). The van der Waals surface area contributed by atoms with Gasteiger partial charge in [-0.2, -0.15) is 22.8 Å². The van der Waals surface area contributed by atoms with Gasteiger partial charge < -0.3 is 11.1 Å². The molecule has 0 saturated heterocycles. The molecular formula is C12H9ClF3N5O2. The van der Waals surface area contributed by atoms with Gasteiger partial charge in [0.2, 0.25) is 11.9 Å². The molecule has 0 aliphatic rings. The average molecular weight is 348 g/mol. The smallest absolute Gasteiger partial charge is 0.379 e. The average Bonchev–Trinajstić information content (AvgIpc) is 2.43. The van der Waals surface area contributed by atoms with Crippen molar-refractivity contribution in [1.82, 2.24) is 14.8 Å². The molecule has 0 radical (unpaired) electrons. The Labute approximate surface area is 131 Å². The highest BCUT2D eigenvalue weighted by atomic mass is 35.5. The molecule has 0 unspecified atom stereocenters. The fourth-order valence-corrected chi connectivity index (χ4v) is 1.87. The summed E-state index contributed by atoms with van der Waals surface area (Å²) in [6.45, 7) is 1.07. The van der Waals surface area contributed by atoms with E-state index in [4.69, 9.17) is 17.3 Å². The van der Waals surface area contributed by atoms with E-state index in [0.29, 0.717) is 4.68 Å². The summed E-state index contributed by atoms with van der Waals surface area (Å²) >= 11 is 5.51. The molecule has 1 aromatic heterocycles. The van der Waals surface area contributed by atoms with Crippen LogP contribution in [0.15, 0.2) is 23.0 Å². The van der Waals surface area contributed by atoms with E-state index in [-0.39, 0.29) is 11.6 Å². The quantitative estimate of drug-likeness (QED) is 0.864. The van der Waals surface area contributed by atoms with Gasteiger partial charge in [0, 0.05) is 12.6 Å². The van der Waals surface area contributed by atoms with Crippen LogP contribution in [-0.2, 0) is 6.18 Å². The van der Waals surface area contributed by atoms with E-state index in [1.165, 1.54) is 6.07 Å². The Morgan fingerprint density at radius 2 is 2.04 bits per heavy atom. The first-order valence-corrected chi connectivity index (χ1v) is 6.39. The molecular weight excluding hydrogens is 339 g/mol. The molecule has 0 saturated carbocycles. The number of aromatic nitrogens is 3. The highest BCUT2D eigenvalue weighted by Gasteiger charge is 2.33. The number of carbonyl (C=O) groups excluding carboxylic acids is 1. The molecule has 0 aliphatic carbocycles. The lowest BCUT2D eigenvalue weighted by molar-refractivity contribution is -0.137. The number of rotatable bonds is 2. The van der Waals surface area contributed by atoms with Crippen LogP contribution < -0.4 is 16.6 Å². The van der Waals surface area contributed by atoms with Gasteiger partial charge in [-0.05, 0) is 18.2 Å². The highest BCUT2D eigenvalue weighted by molar-refractivity contribution is 6.31. The Kier molecular flexibility index (Phi) is 4.28. The number of anilines is 3. The number of hydrogen-bond acceptors (Lipinski definition) is 6. The fraction of sp³-hybridized carbons (Fsp3) is 0.167. The van der Waals surface area contributed by atoms with Crippen LogP contribution in [0.1, 0.15) is 17.3 Å². The maximum atomic E-state index is 12.8. The second-order valence-corrected chi connectivity index (χ2v) is 4.78. The number of carbonyl (C=O) groups is 1. The predicted octanol–water partition coefficient (Wildman–Crippen LogP) is 2.30. The standard InChI is InChI=1S/C12H9ClF3N5O2/c1-5(22)21-10(23)9(17)19-11(20-21)18-6-2-3-8(13)7(4-6)12(14,15)16/h2-4H,1H3,(H3,17,18,19,20). The third-order valence-corrected chi connectivity index (χ3v) is 2.99. The van der Waals surface area contributed by atoms with Gasteiger partial charge in [-0.25, -0.2) is 0 Å². The van der Waals surface area contributed by atoms with Crippen LogP contribution in [0.4, 0.5) is 30.6 Å². The lowest BCUT2D eigenvalue weighted by Crippen LogP contribution is -2.31. The Morgan fingerprint density at radius 3 is 2.61 bits per heavy atom. The van der Waals surface area contributed by atoms with Gasteiger partial charge in [-0.15, -0.1) is 5.10 Å². The number of benzene rings is 1. The minimum Gasteiger partial charge on any atom is -0.379 e. The van der Waals surface area contributed by atoms with Gasteiger partial charge in [-0.1, -0.05) is 11.6 Å². The summed E-state index contributed by atoms with van der Waals surface area (Å²) in [5.41, 5.74) is 3.33. The second kappa shape index (κ2) is 5.88. The van der Waals surface area contributed by atoms with Crippen molar-refractivity contribution in [3.05, 3.63) is 39.1 Å². The van der Waals surface area contributed by atoms with Gasteiger partial charge in [0.1, 0.15) is 0 Å². The Morgan fingerprint density at radius 1 is 1.39 bits per heavy atom. The Hall–Kier alpha value is -2.62. The van der Waals surface area contributed by atoms with Crippen molar-refractivity contribution in [1.29, 1.82) is 0 Å². The zero-order valence-corrected chi connectivity index (χ0v) is 12.2. The number of hydrogen-bond donors (Lipinski definition) is 2.